The van der Waals surface area contributed by atoms with Gasteiger partial charge in [0.1, 0.15) is 6.10 Å². The average molecular weight is 352 g/mol. The Balaban J connectivity index is 1.53. The number of amides is 3. The number of hydrogen-bond donors (Lipinski definition) is 1. The summed E-state index contributed by atoms with van der Waals surface area (Å²) < 4.78 is 5.45. The number of anilines is 1. The quantitative estimate of drug-likeness (QED) is 0.890. The summed E-state index contributed by atoms with van der Waals surface area (Å²) in [5.74, 6) is 0.0539. The van der Waals surface area contributed by atoms with Crippen LogP contribution in [0, 0.1) is 6.92 Å². The summed E-state index contributed by atoms with van der Waals surface area (Å²) in [4.78, 5) is 28.2. The van der Waals surface area contributed by atoms with Crippen LogP contribution >= 0.6 is 11.6 Å². The molecule has 2 heterocycles. The molecule has 3 amide bonds. The molecule has 1 N–H and O–H groups in total. The third-order valence-electron chi connectivity index (χ3n) is 4.52. The van der Waals surface area contributed by atoms with E-state index >= 15 is 0 Å². The van der Waals surface area contributed by atoms with E-state index in [9.17, 15) is 9.59 Å². The van der Waals surface area contributed by atoms with Crippen LogP contribution in [0.5, 0.6) is 0 Å². The molecule has 130 valence electrons. The van der Waals surface area contributed by atoms with E-state index in [2.05, 4.69) is 5.32 Å². The maximum Gasteiger partial charge on any atom is 0.321 e. The van der Waals surface area contributed by atoms with Gasteiger partial charge in [0.15, 0.2) is 0 Å². The molecule has 1 atom stereocenters. The summed E-state index contributed by atoms with van der Waals surface area (Å²) in [6.07, 6.45) is 1.45. The Hall–Kier alpha value is -1.79. The molecule has 1 aromatic carbocycles. The van der Waals surface area contributed by atoms with Gasteiger partial charge in [0.2, 0.25) is 0 Å². The Labute approximate surface area is 146 Å². The van der Waals surface area contributed by atoms with Gasteiger partial charge in [0.25, 0.3) is 5.91 Å². The maximum atomic E-state index is 12.4. The third-order valence-corrected chi connectivity index (χ3v) is 4.76. The van der Waals surface area contributed by atoms with Crippen LogP contribution in [0.4, 0.5) is 10.5 Å². The van der Waals surface area contributed by atoms with E-state index in [4.69, 9.17) is 16.3 Å². The smallest absolute Gasteiger partial charge is 0.321 e. The van der Waals surface area contributed by atoms with Crippen molar-refractivity contribution in [2.45, 2.75) is 25.9 Å². The number of aryl methyl sites for hydroxylation is 1. The molecule has 0 aliphatic carbocycles. The SMILES string of the molecule is Cc1ccc(Cl)cc1NC(=O)N1CCN(C(=O)C2CCCO2)CC1. The van der Waals surface area contributed by atoms with E-state index in [1.54, 1.807) is 21.9 Å². The lowest BCUT2D eigenvalue weighted by Crippen LogP contribution is -2.53. The summed E-state index contributed by atoms with van der Waals surface area (Å²) in [7, 11) is 0. The summed E-state index contributed by atoms with van der Waals surface area (Å²) in [6, 6.07) is 5.24. The molecular formula is C17H22ClN3O3. The van der Waals surface area contributed by atoms with Gasteiger partial charge >= 0.3 is 6.03 Å². The van der Waals surface area contributed by atoms with Crippen molar-refractivity contribution in [1.82, 2.24) is 9.80 Å². The molecule has 2 aliphatic rings. The molecule has 0 aromatic heterocycles. The molecule has 24 heavy (non-hydrogen) atoms. The van der Waals surface area contributed by atoms with Gasteiger partial charge in [-0.1, -0.05) is 17.7 Å². The first-order chi connectivity index (χ1) is 11.5. The van der Waals surface area contributed by atoms with Crippen molar-refractivity contribution in [3.05, 3.63) is 28.8 Å². The van der Waals surface area contributed by atoms with Crippen LogP contribution in [0.2, 0.25) is 5.02 Å². The largest absolute Gasteiger partial charge is 0.368 e. The number of carbonyl (C=O) groups excluding carboxylic acids is 2. The number of piperazine rings is 1. The van der Waals surface area contributed by atoms with Crippen LogP contribution < -0.4 is 5.32 Å². The molecule has 1 aromatic rings. The highest BCUT2D eigenvalue weighted by atomic mass is 35.5. The Kier molecular flexibility index (Phi) is 5.26. The van der Waals surface area contributed by atoms with Crippen LogP contribution in [0.3, 0.4) is 0 Å². The van der Waals surface area contributed by atoms with E-state index in [1.807, 2.05) is 13.0 Å². The normalized spacial score (nSPS) is 21.0. The molecule has 0 radical (unpaired) electrons. The van der Waals surface area contributed by atoms with E-state index < -0.39 is 0 Å². The summed E-state index contributed by atoms with van der Waals surface area (Å²) in [5, 5.41) is 3.48. The number of urea groups is 1. The van der Waals surface area contributed by atoms with Gasteiger partial charge in [-0.3, -0.25) is 4.79 Å². The predicted octanol–water partition coefficient (Wildman–Crippen LogP) is 2.50. The van der Waals surface area contributed by atoms with E-state index in [0.29, 0.717) is 43.5 Å². The molecule has 7 heteroatoms. The molecule has 2 saturated heterocycles. The molecule has 0 saturated carbocycles. The van der Waals surface area contributed by atoms with Gasteiger partial charge in [0, 0.05) is 43.5 Å². The highest BCUT2D eigenvalue weighted by molar-refractivity contribution is 6.31. The fourth-order valence-corrected chi connectivity index (χ4v) is 3.20. The van der Waals surface area contributed by atoms with Crippen LogP contribution in [0.15, 0.2) is 18.2 Å². The molecule has 1 unspecified atom stereocenters. The Morgan fingerprint density at radius 1 is 1.21 bits per heavy atom. The van der Waals surface area contributed by atoms with Crippen molar-refractivity contribution in [3.8, 4) is 0 Å². The van der Waals surface area contributed by atoms with Crippen molar-refractivity contribution in [3.63, 3.8) is 0 Å². The lowest BCUT2D eigenvalue weighted by molar-refractivity contribution is -0.142. The fraction of sp³-hybridized carbons (Fsp3) is 0.529. The number of carbonyl (C=O) groups is 2. The molecule has 2 fully saturated rings. The molecule has 6 nitrogen and oxygen atoms in total. The number of nitrogens with zero attached hydrogens (tertiary/aromatic N) is 2. The van der Waals surface area contributed by atoms with Gasteiger partial charge in [-0.05, 0) is 37.5 Å². The number of hydrogen-bond acceptors (Lipinski definition) is 3. The Morgan fingerprint density at radius 3 is 2.58 bits per heavy atom. The first kappa shape index (κ1) is 17.0. The van der Waals surface area contributed by atoms with Gasteiger partial charge < -0.3 is 19.9 Å². The molecule has 0 bridgehead atoms. The first-order valence-electron chi connectivity index (χ1n) is 8.27. The van der Waals surface area contributed by atoms with Crippen LogP contribution in [0.1, 0.15) is 18.4 Å². The minimum atomic E-state index is -0.292. The lowest BCUT2D eigenvalue weighted by Gasteiger charge is -2.35. The summed E-state index contributed by atoms with van der Waals surface area (Å²) in [5.41, 5.74) is 1.67. The topological polar surface area (TPSA) is 61.9 Å². The highest BCUT2D eigenvalue weighted by Gasteiger charge is 2.31. The zero-order chi connectivity index (χ0) is 17.1. The Bertz CT molecular complexity index is 624. The second-order valence-electron chi connectivity index (χ2n) is 6.20. The van der Waals surface area contributed by atoms with Crippen molar-refractivity contribution in [2.75, 3.05) is 38.1 Å². The zero-order valence-electron chi connectivity index (χ0n) is 13.8. The minimum absolute atomic E-state index is 0.0539. The molecular weight excluding hydrogens is 330 g/mol. The van der Waals surface area contributed by atoms with Gasteiger partial charge in [0.05, 0.1) is 0 Å². The second kappa shape index (κ2) is 7.40. The zero-order valence-corrected chi connectivity index (χ0v) is 14.5. The predicted molar refractivity (Wildman–Crippen MR) is 92.3 cm³/mol. The van der Waals surface area contributed by atoms with E-state index in [1.165, 1.54) is 0 Å². The van der Waals surface area contributed by atoms with Crippen LogP contribution in [-0.4, -0.2) is 60.6 Å². The monoisotopic (exact) mass is 351 g/mol. The number of benzene rings is 1. The number of rotatable bonds is 2. The van der Waals surface area contributed by atoms with Crippen LogP contribution in [-0.2, 0) is 9.53 Å². The third kappa shape index (κ3) is 3.82. The maximum absolute atomic E-state index is 12.4. The lowest BCUT2D eigenvalue weighted by atomic mass is 10.2. The van der Waals surface area contributed by atoms with Gasteiger partial charge in [-0.15, -0.1) is 0 Å². The van der Waals surface area contributed by atoms with Crippen molar-refractivity contribution < 1.29 is 14.3 Å². The highest BCUT2D eigenvalue weighted by Crippen LogP contribution is 2.21. The van der Waals surface area contributed by atoms with Gasteiger partial charge in [-0.2, -0.15) is 0 Å². The van der Waals surface area contributed by atoms with Crippen molar-refractivity contribution in [2.24, 2.45) is 0 Å². The average Bonchev–Trinajstić information content (AvgIpc) is 3.12. The summed E-state index contributed by atoms with van der Waals surface area (Å²) in [6.45, 7) is 4.71. The van der Waals surface area contributed by atoms with Crippen molar-refractivity contribution >= 4 is 29.2 Å². The van der Waals surface area contributed by atoms with Crippen molar-refractivity contribution in [1.29, 1.82) is 0 Å². The number of halogens is 1. The minimum Gasteiger partial charge on any atom is -0.368 e. The molecule has 3 rings (SSSR count). The number of nitrogens with one attached hydrogen (secondary N) is 1. The second-order valence-corrected chi connectivity index (χ2v) is 6.64. The molecule has 0 spiro atoms. The van der Waals surface area contributed by atoms with E-state index in [-0.39, 0.29) is 18.0 Å². The standard InChI is InChI=1S/C17H22ClN3O3/c1-12-4-5-13(18)11-14(12)19-17(23)21-8-6-20(7-9-21)16(22)15-3-2-10-24-15/h4-5,11,15H,2-3,6-10H2,1H3,(H,19,23). The fourth-order valence-electron chi connectivity index (χ4n) is 3.03. The Morgan fingerprint density at radius 2 is 1.92 bits per heavy atom. The number of ether oxygens (including phenoxy) is 1. The first-order valence-corrected chi connectivity index (χ1v) is 8.65. The van der Waals surface area contributed by atoms with Crippen LogP contribution in [0.25, 0.3) is 0 Å². The van der Waals surface area contributed by atoms with Gasteiger partial charge in [-0.25, -0.2) is 4.79 Å². The summed E-state index contributed by atoms with van der Waals surface area (Å²) >= 11 is 5.98. The van der Waals surface area contributed by atoms with E-state index in [0.717, 1.165) is 18.4 Å². The molecule has 2 aliphatic heterocycles.